The number of amides is 2. The van der Waals surface area contributed by atoms with Crippen molar-refractivity contribution in [3.63, 3.8) is 0 Å². The van der Waals surface area contributed by atoms with Crippen LogP contribution in [0, 0.1) is 0 Å². The molecule has 0 aliphatic carbocycles. The lowest BCUT2D eigenvalue weighted by atomic mass is 10.0. The molecule has 2 aromatic rings. The Morgan fingerprint density at radius 3 is 2.53 bits per heavy atom. The van der Waals surface area contributed by atoms with Crippen molar-refractivity contribution in [1.82, 2.24) is 14.7 Å². The van der Waals surface area contributed by atoms with Gasteiger partial charge in [0.25, 0.3) is 5.91 Å². The summed E-state index contributed by atoms with van der Waals surface area (Å²) in [6.45, 7) is 2.52. The van der Waals surface area contributed by atoms with Crippen molar-refractivity contribution in [2.24, 2.45) is 5.73 Å². The number of hydrogen-bond acceptors (Lipinski definition) is 5. The van der Waals surface area contributed by atoms with E-state index in [1.807, 2.05) is 0 Å². The summed E-state index contributed by atoms with van der Waals surface area (Å²) in [5, 5.41) is 4.62. The van der Waals surface area contributed by atoms with Crippen molar-refractivity contribution in [2.75, 3.05) is 13.7 Å². The predicted octanol–water partition coefficient (Wildman–Crippen LogP) is 2.31. The van der Waals surface area contributed by atoms with E-state index in [1.54, 1.807) is 38.1 Å². The van der Waals surface area contributed by atoms with Crippen LogP contribution in [0.25, 0.3) is 10.9 Å². The number of halogens is 2. The zero-order chi connectivity index (χ0) is 23.6. The fraction of sp³-hybridized carbons (Fsp3) is 0.455. The number of nitrogens with two attached hydrogens (primary N) is 1. The smallest absolute Gasteiger partial charge is 0.269 e. The van der Waals surface area contributed by atoms with Gasteiger partial charge in [-0.2, -0.15) is 5.10 Å². The van der Waals surface area contributed by atoms with Crippen LogP contribution < -0.4 is 5.73 Å². The number of carbonyl (C=O) groups excluding carboxylic acids is 3. The van der Waals surface area contributed by atoms with Crippen molar-refractivity contribution in [2.45, 2.75) is 51.6 Å². The van der Waals surface area contributed by atoms with Crippen LogP contribution in [0.15, 0.2) is 35.7 Å². The molecule has 1 fully saturated rings. The number of methoxy groups -OCH3 is 1. The molecule has 0 spiro atoms. The monoisotopic (exact) mass is 448 g/mol. The number of aromatic nitrogens is 2. The number of likely N-dealkylation sites (tertiary alicyclic amines) is 1. The van der Waals surface area contributed by atoms with Gasteiger partial charge in [0.2, 0.25) is 5.91 Å². The quantitative estimate of drug-likeness (QED) is 0.667. The van der Waals surface area contributed by atoms with Gasteiger partial charge in [-0.25, -0.2) is 8.78 Å². The van der Waals surface area contributed by atoms with Gasteiger partial charge < -0.3 is 15.4 Å². The molecule has 0 radical (unpaired) electrons. The third kappa shape index (κ3) is 4.55. The molecule has 0 bridgehead atoms. The molecule has 0 saturated carbocycles. The minimum absolute atomic E-state index is 0.0118. The molecule has 32 heavy (non-hydrogen) atoms. The molecule has 3 atom stereocenters. The third-order valence-corrected chi connectivity index (χ3v) is 5.61. The summed E-state index contributed by atoms with van der Waals surface area (Å²) in [6.07, 6.45) is -3.02. The lowest BCUT2D eigenvalue weighted by Gasteiger charge is -2.26. The maximum Gasteiger partial charge on any atom is 0.269 e. The summed E-state index contributed by atoms with van der Waals surface area (Å²) in [5.41, 5.74) is 6.36. The first kappa shape index (κ1) is 23.5. The van der Waals surface area contributed by atoms with Crippen molar-refractivity contribution < 1.29 is 27.9 Å². The molecule has 2 amide bonds. The minimum atomic E-state index is -1.57. The van der Waals surface area contributed by atoms with E-state index in [0.717, 1.165) is 4.90 Å². The van der Waals surface area contributed by atoms with Crippen LogP contribution in [0.4, 0.5) is 8.78 Å². The van der Waals surface area contributed by atoms with Gasteiger partial charge in [0.05, 0.1) is 17.9 Å². The van der Waals surface area contributed by atoms with E-state index >= 15 is 0 Å². The van der Waals surface area contributed by atoms with Crippen LogP contribution in [0.2, 0.25) is 0 Å². The molecule has 1 aliphatic rings. The molecule has 0 unspecified atom stereocenters. The van der Waals surface area contributed by atoms with E-state index in [-0.39, 0.29) is 31.6 Å². The number of hydrogen-bond donors (Lipinski definition) is 1. The Labute approximate surface area is 184 Å². The third-order valence-electron chi connectivity index (χ3n) is 5.61. The van der Waals surface area contributed by atoms with Gasteiger partial charge in [0.1, 0.15) is 24.9 Å². The van der Waals surface area contributed by atoms with Gasteiger partial charge in [-0.05, 0) is 25.5 Å². The molecule has 172 valence electrons. The Balaban J connectivity index is 1.86. The molecule has 3 rings (SSSR count). The normalized spacial score (nSPS) is 20.5. The van der Waals surface area contributed by atoms with Gasteiger partial charge >= 0.3 is 0 Å². The summed E-state index contributed by atoms with van der Waals surface area (Å²) in [7, 11) is 1.27. The van der Waals surface area contributed by atoms with Crippen LogP contribution in [0.1, 0.15) is 37.2 Å². The van der Waals surface area contributed by atoms with Crippen LogP contribution in [-0.2, 0) is 20.9 Å². The second-order valence-electron chi connectivity index (χ2n) is 7.97. The fourth-order valence-electron chi connectivity index (χ4n) is 3.95. The molecule has 1 aromatic carbocycles. The summed E-state index contributed by atoms with van der Waals surface area (Å²) in [4.78, 5) is 38.8. The SMILES string of the molecule is CO[C@H]1[C@@H](C(=O)CCC(F)=C(C)C)N(C(=O)Cn2nc(C(N)=O)c3ccccc32)C[C@@H]1F. The number of para-hydroxylation sites is 1. The zero-order valence-electron chi connectivity index (χ0n) is 18.2. The highest BCUT2D eigenvalue weighted by molar-refractivity contribution is 6.04. The largest absolute Gasteiger partial charge is 0.376 e. The van der Waals surface area contributed by atoms with Crippen molar-refractivity contribution >= 4 is 28.5 Å². The molecule has 1 saturated heterocycles. The second kappa shape index (κ2) is 9.56. The van der Waals surface area contributed by atoms with Crippen LogP contribution in [0.5, 0.6) is 0 Å². The number of allylic oxidation sites excluding steroid dienone is 2. The Morgan fingerprint density at radius 1 is 1.22 bits per heavy atom. The maximum atomic E-state index is 14.6. The van der Waals surface area contributed by atoms with E-state index in [4.69, 9.17) is 10.5 Å². The van der Waals surface area contributed by atoms with Crippen molar-refractivity contribution in [1.29, 1.82) is 0 Å². The fourth-order valence-corrected chi connectivity index (χ4v) is 3.95. The van der Waals surface area contributed by atoms with Gasteiger partial charge in [-0.15, -0.1) is 0 Å². The Kier molecular flexibility index (Phi) is 7.02. The van der Waals surface area contributed by atoms with Gasteiger partial charge in [0, 0.05) is 25.3 Å². The molecule has 2 heterocycles. The molecular formula is C22H26F2N4O4. The predicted molar refractivity (Wildman–Crippen MR) is 113 cm³/mol. The first-order valence-corrected chi connectivity index (χ1v) is 10.2. The average Bonchev–Trinajstić information content (AvgIpc) is 3.29. The Bertz CT molecular complexity index is 1080. The first-order chi connectivity index (χ1) is 15.1. The number of nitrogens with zero attached hydrogens (tertiary/aromatic N) is 3. The van der Waals surface area contributed by atoms with Crippen molar-refractivity contribution in [3.05, 3.63) is 41.4 Å². The van der Waals surface area contributed by atoms with Gasteiger partial charge in [0.15, 0.2) is 11.5 Å². The summed E-state index contributed by atoms with van der Waals surface area (Å²) >= 11 is 0. The first-order valence-electron chi connectivity index (χ1n) is 10.2. The maximum absolute atomic E-state index is 14.6. The number of primary amides is 1. The summed E-state index contributed by atoms with van der Waals surface area (Å²) < 4.78 is 34.9. The molecule has 8 nitrogen and oxygen atoms in total. The minimum Gasteiger partial charge on any atom is -0.376 e. The highest BCUT2D eigenvalue weighted by Gasteiger charge is 2.48. The molecular weight excluding hydrogens is 422 g/mol. The Morgan fingerprint density at radius 2 is 1.91 bits per heavy atom. The lowest BCUT2D eigenvalue weighted by molar-refractivity contribution is -0.140. The van der Waals surface area contributed by atoms with E-state index < -0.39 is 41.7 Å². The number of alkyl halides is 1. The highest BCUT2D eigenvalue weighted by Crippen LogP contribution is 2.27. The zero-order valence-corrected chi connectivity index (χ0v) is 18.2. The highest BCUT2D eigenvalue weighted by atomic mass is 19.1. The molecule has 2 N–H and O–H groups in total. The number of ether oxygens (including phenoxy) is 1. The summed E-state index contributed by atoms with van der Waals surface area (Å²) in [5.74, 6) is -2.21. The topological polar surface area (TPSA) is 108 Å². The average molecular weight is 448 g/mol. The molecule has 1 aliphatic heterocycles. The van der Waals surface area contributed by atoms with E-state index in [9.17, 15) is 23.2 Å². The lowest BCUT2D eigenvalue weighted by Crippen LogP contribution is -2.47. The van der Waals surface area contributed by atoms with Crippen LogP contribution in [0.3, 0.4) is 0 Å². The second-order valence-corrected chi connectivity index (χ2v) is 7.97. The van der Waals surface area contributed by atoms with Gasteiger partial charge in [-0.3, -0.25) is 19.1 Å². The Hall–Kier alpha value is -3.14. The van der Waals surface area contributed by atoms with Crippen LogP contribution in [-0.4, -0.2) is 64.3 Å². The molecule has 1 aromatic heterocycles. The van der Waals surface area contributed by atoms with E-state index in [0.29, 0.717) is 16.5 Å². The number of rotatable bonds is 8. The number of Topliss-reactive ketones (excluding diaryl/α,β-unsaturated/α-hetero) is 1. The number of carbonyl (C=O) groups is 3. The molecule has 10 heteroatoms. The van der Waals surface area contributed by atoms with Crippen LogP contribution >= 0.6 is 0 Å². The standard InChI is InChI=1S/C22H26F2N4O4/c1-12(2)14(23)8-9-17(29)20-21(32-3)15(24)10-27(20)18(30)11-28-16-7-5-4-6-13(16)19(26-28)22(25)31/h4-7,15,20-21H,8-11H2,1-3H3,(H2,25,31)/t15-,20+,21+/m0/s1. The van der Waals surface area contributed by atoms with Crippen molar-refractivity contribution in [3.8, 4) is 0 Å². The number of ketones is 1. The summed E-state index contributed by atoms with van der Waals surface area (Å²) in [6, 6.07) is 5.58. The number of fused-ring (bicyclic) bond motifs is 1. The van der Waals surface area contributed by atoms with Gasteiger partial charge in [-0.1, -0.05) is 18.2 Å². The van der Waals surface area contributed by atoms with E-state index in [1.165, 1.54) is 11.8 Å². The number of benzene rings is 1. The van der Waals surface area contributed by atoms with E-state index in [2.05, 4.69) is 5.10 Å².